The molecule has 38 heavy (non-hydrogen) atoms. The summed E-state index contributed by atoms with van der Waals surface area (Å²) in [5, 5.41) is 4.48. The smallest absolute Gasteiger partial charge is 0.280 e. The zero-order valence-electron chi connectivity index (χ0n) is 21.5. The molecule has 1 aromatic carbocycles. The summed E-state index contributed by atoms with van der Waals surface area (Å²) in [5.41, 5.74) is -0.247. The highest BCUT2D eigenvalue weighted by atomic mass is 19.1. The standard InChI is InChI=1S/C27H30FN5O5/c1-15-13-31(18-8-9-18)27(37)23-24(34)20-22(33(15)23)21-26(36)30(2)10-4-3-5-11-38-19-12-17(28)7-6-16(19)14-32(29-21)25(20)35/h6-7,12,15,18,23H,3-5,8-11,13-14H2,1-2H3/t15-,23?/m0/s1. The van der Waals surface area contributed by atoms with Gasteiger partial charge in [0.25, 0.3) is 17.4 Å². The van der Waals surface area contributed by atoms with Crippen LogP contribution >= 0.6 is 0 Å². The zero-order valence-corrected chi connectivity index (χ0v) is 21.5. The second-order valence-electron chi connectivity index (χ2n) is 10.7. The van der Waals surface area contributed by atoms with Gasteiger partial charge >= 0.3 is 0 Å². The Kier molecular flexibility index (Phi) is 5.96. The number of benzene rings is 1. The Balaban J connectivity index is 1.52. The summed E-state index contributed by atoms with van der Waals surface area (Å²) in [6, 6.07) is 2.70. The number of rotatable bonds is 1. The van der Waals surface area contributed by atoms with Crippen LogP contribution in [0.2, 0.25) is 0 Å². The van der Waals surface area contributed by atoms with Crippen LogP contribution in [0.15, 0.2) is 23.0 Å². The molecule has 4 heterocycles. The Hall–Kier alpha value is -3.76. The molecular weight excluding hydrogens is 493 g/mol. The van der Waals surface area contributed by atoms with Crippen molar-refractivity contribution in [2.45, 2.75) is 63.7 Å². The molecule has 1 aromatic heterocycles. The Labute approximate surface area is 218 Å². The van der Waals surface area contributed by atoms with Gasteiger partial charge in [0.15, 0.2) is 11.7 Å². The summed E-state index contributed by atoms with van der Waals surface area (Å²) < 4.78 is 20.9. The van der Waals surface area contributed by atoms with Gasteiger partial charge in [0.05, 0.1) is 18.8 Å². The van der Waals surface area contributed by atoms with Gasteiger partial charge in [-0.2, -0.15) is 5.10 Å². The number of Topliss-reactive ketones (excluding diaryl/α,β-unsaturated/α-hetero) is 1. The lowest BCUT2D eigenvalue weighted by molar-refractivity contribution is -0.134. The first-order chi connectivity index (χ1) is 18.3. The van der Waals surface area contributed by atoms with E-state index in [0.717, 1.165) is 30.4 Å². The van der Waals surface area contributed by atoms with Crippen molar-refractivity contribution in [3.63, 3.8) is 0 Å². The van der Waals surface area contributed by atoms with E-state index in [1.807, 2.05) is 6.92 Å². The molecule has 0 radical (unpaired) electrons. The predicted molar refractivity (Wildman–Crippen MR) is 135 cm³/mol. The second-order valence-corrected chi connectivity index (χ2v) is 10.7. The summed E-state index contributed by atoms with van der Waals surface area (Å²) in [6.45, 7) is 2.99. The molecule has 1 saturated heterocycles. The molecule has 6 rings (SSSR count). The van der Waals surface area contributed by atoms with E-state index >= 15 is 0 Å². The highest BCUT2D eigenvalue weighted by molar-refractivity contribution is 6.24. The van der Waals surface area contributed by atoms with E-state index in [4.69, 9.17) is 4.74 Å². The number of carbonyl (C=O) groups excluding carboxylic acids is 3. The molecule has 10 nitrogen and oxygen atoms in total. The van der Waals surface area contributed by atoms with Crippen LogP contribution in [0.3, 0.4) is 0 Å². The van der Waals surface area contributed by atoms with Crippen molar-refractivity contribution in [1.29, 1.82) is 0 Å². The van der Waals surface area contributed by atoms with Crippen molar-refractivity contribution in [3.05, 3.63) is 51.2 Å². The van der Waals surface area contributed by atoms with E-state index < -0.39 is 29.1 Å². The Morgan fingerprint density at radius 2 is 1.87 bits per heavy atom. The minimum absolute atomic E-state index is 0.0286. The third-order valence-electron chi connectivity index (χ3n) is 7.90. The molecule has 2 aromatic rings. The topological polar surface area (TPSA) is 105 Å². The van der Waals surface area contributed by atoms with Gasteiger partial charge in [-0.15, -0.1) is 0 Å². The fourth-order valence-electron chi connectivity index (χ4n) is 5.77. The van der Waals surface area contributed by atoms with Crippen molar-refractivity contribution in [3.8, 4) is 5.75 Å². The number of nitrogens with zero attached hydrogens (tertiary/aromatic N) is 5. The first-order valence-electron chi connectivity index (χ1n) is 13.2. The van der Waals surface area contributed by atoms with Crippen LogP contribution in [0.1, 0.15) is 65.4 Å². The quantitative estimate of drug-likeness (QED) is 0.525. The van der Waals surface area contributed by atoms with Gasteiger partial charge in [-0.3, -0.25) is 19.2 Å². The van der Waals surface area contributed by atoms with Gasteiger partial charge < -0.3 is 19.4 Å². The van der Waals surface area contributed by atoms with E-state index in [-0.39, 0.29) is 47.2 Å². The lowest BCUT2D eigenvalue weighted by Gasteiger charge is -2.42. The van der Waals surface area contributed by atoms with Crippen LogP contribution in [-0.4, -0.2) is 82.0 Å². The number of piperazine rings is 1. The molecule has 2 bridgehead atoms. The molecule has 3 aliphatic heterocycles. The number of aromatic nitrogens is 2. The van der Waals surface area contributed by atoms with Crippen molar-refractivity contribution in [2.75, 3.05) is 31.6 Å². The normalized spacial score (nSPS) is 24.0. The minimum atomic E-state index is -1.18. The Morgan fingerprint density at radius 3 is 2.63 bits per heavy atom. The summed E-state index contributed by atoms with van der Waals surface area (Å²) in [6.07, 6.45) is 4.02. The predicted octanol–water partition coefficient (Wildman–Crippen LogP) is 1.83. The third kappa shape index (κ3) is 3.95. The van der Waals surface area contributed by atoms with Gasteiger partial charge in [-0.05, 0) is 45.1 Å². The van der Waals surface area contributed by atoms with Crippen LogP contribution in [0.5, 0.6) is 5.75 Å². The maximum absolute atomic E-state index is 14.0. The molecule has 1 saturated carbocycles. The van der Waals surface area contributed by atoms with Crippen LogP contribution in [-0.2, 0) is 11.3 Å². The number of ether oxygens (including phenoxy) is 1. The number of halogens is 1. The fraction of sp³-hybridized carbons (Fsp3) is 0.519. The number of anilines is 1. The molecule has 200 valence electrons. The molecule has 2 atom stereocenters. The lowest BCUT2D eigenvalue weighted by atomic mass is 10.0. The van der Waals surface area contributed by atoms with E-state index in [2.05, 4.69) is 5.10 Å². The van der Waals surface area contributed by atoms with Crippen molar-refractivity contribution in [2.24, 2.45) is 0 Å². The van der Waals surface area contributed by atoms with E-state index in [1.54, 1.807) is 16.8 Å². The summed E-state index contributed by atoms with van der Waals surface area (Å²) in [5.74, 6) is -1.54. The van der Waals surface area contributed by atoms with Gasteiger partial charge in [0.2, 0.25) is 5.78 Å². The van der Waals surface area contributed by atoms with Crippen LogP contribution in [0, 0.1) is 5.82 Å². The van der Waals surface area contributed by atoms with Crippen LogP contribution in [0.25, 0.3) is 0 Å². The third-order valence-corrected chi connectivity index (χ3v) is 7.90. The van der Waals surface area contributed by atoms with Crippen molar-refractivity contribution < 1.29 is 23.5 Å². The van der Waals surface area contributed by atoms with Crippen molar-refractivity contribution in [1.82, 2.24) is 19.6 Å². The first kappa shape index (κ1) is 24.6. The average molecular weight is 524 g/mol. The lowest BCUT2D eigenvalue weighted by Crippen LogP contribution is -2.62. The van der Waals surface area contributed by atoms with E-state index in [9.17, 15) is 23.6 Å². The van der Waals surface area contributed by atoms with Gasteiger partial charge in [0, 0.05) is 43.9 Å². The fourth-order valence-corrected chi connectivity index (χ4v) is 5.77. The number of carbonyl (C=O) groups is 3. The molecule has 0 N–H and O–H groups in total. The Bertz CT molecular complexity index is 1400. The van der Waals surface area contributed by atoms with Crippen LogP contribution in [0.4, 0.5) is 10.1 Å². The molecule has 0 spiro atoms. The maximum Gasteiger partial charge on any atom is 0.280 e. The molecule has 11 heteroatoms. The summed E-state index contributed by atoms with van der Waals surface area (Å²) >= 11 is 0. The largest absolute Gasteiger partial charge is 0.493 e. The zero-order chi connectivity index (χ0) is 26.7. The van der Waals surface area contributed by atoms with Gasteiger partial charge in [0.1, 0.15) is 17.1 Å². The summed E-state index contributed by atoms with van der Waals surface area (Å²) in [4.78, 5) is 59.6. The SMILES string of the molecule is C[C@H]1CN(C2CC2)C(=O)C2C(=O)c3c(c4nn(c3=O)Cc3ccc(F)cc3OCCCCCN(C)C4=O)N21. The summed E-state index contributed by atoms with van der Waals surface area (Å²) in [7, 11) is 1.67. The first-order valence-corrected chi connectivity index (χ1v) is 13.2. The van der Waals surface area contributed by atoms with Crippen molar-refractivity contribution >= 4 is 23.3 Å². The maximum atomic E-state index is 14.0. The second kappa shape index (κ2) is 9.21. The molecule has 2 amide bonds. The molecule has 2 fully saturated rings. The number of hydrogen-bond acceptors (Lipinski definition) is 7. The van der Waals surface area contributed by atoms with E-state index in [1.165, 1.54) is 23.1 Å². The molecule has 1 aliphatic carbocycles. The highest BCUT2D eigenvalue weighted by Gasteiger charge is 2.55. The molecular formula is C27H30FN5O5. The number of amides is 2. The van der Waals surface area contributed by atoms with E-state index in [0.29, 0.717) is 31.7 Å². The highest BCUT2D eigenvalue weighted by Crippen LogP contribution is 2.40. The molecule has 1 unspecified atom stereocenters. The minimum Gasteiger partial charge on any atom is -0.493 e. The average Bonchev–Trinajstić information content (AvgIpc) is 3.68. The van der Waals surface area contributed by atoms with Crippen LogP contribution < -0.4 is 15.2 Å². The van der Waals surface area contributed by atoms with Gasteiger partial charge in [-0.25, -0.2) is 9.07 Å². The number of hydrogen-bond donors (Lipinski definition) is 0. The van der Waals surface area contributed by atoms with Gasteiger partial charge in [-0.1, -0.05) is 6.07 Å². The number of ketones is 1. The number of fused-ring (bicyclic) bond motifs is 7. The molecule has 4 aliphatic rings. The monoisotopic (exact) mass is 523 g/mol. The Morgan fingerprint density at radius 1 is 1.08 bits per heavy atom.